The average molecular weight is 304 g/mol. The second kappa shape index (κ2) is 7.30. The number of likely N-dealkylation sites (tertiary alicyclic amines) is 1. The molecule has 22 heavy (non-hydrogen) atoms. The fraction of sp³-hybridized carbons (Fsp3) is 0.688. The van der Waals surface area contributed by atoms with Gasteiger partial charge in [0.1, 0.15) is 11.6 Å². The highest BCUT2D eigenvalue weighted by Crippen LogP contribution is 2.18. The number of piperazine rings is 1. The molecule has 2 fully saturated rings. The van der Waals surface area contributed by atoms with Crippen LogP contribution in [0.4, 0.5) is 0 Å². The molecule has 2 aliphatic rings. The van der Waals surface area contributed by atoms with Crippen molar-refractivity contribution >= 4 is 11.8 Å². The summed E-state index contributed by atoms with van der Waals surface area (Å²) in [5, 5.41) is 9.29. The van der Waals surface area contributed by atoms with Gasteiger partial charge in [0, 0.05) is 52.4 Å². The minimum atomic E-state index is -0.164. The Labute approximate surface area is 132 Å². The molecule has 6 nitrogen and oxygen atoms in total. The van der Waals surface area contributed by atoms with Crippen LogP contribution in [0.3, 0.4) is 0 Å². The minimum absolute atomic E-state index is 0.0719. The first kappa shape index (κ1) is 16.3. The monoisotopic (exact) mass is 304 g/mol. The van der Waals surface area contributed by atoms with E-state index in [0.717, 1.165) is 25.9 Å². The lowest BCUT2D eigenvalue weighted by Crippen LogP contribution is -2.46. The lowest BCUT2D eigenvalue weighted by molar-refractivity contribution is -0.130. The topological polar surface area (TPSA) is 67.6 Å². The number of hydrogen-bond donors (Lipinski definition) is 0. The summed E-state index contributed by atoms with van der Waals surface area (Å²) in [7, 11) is 0. The van der Waals surface area contributed by atoms with Crippen molar-refractivity contribution in [2.24, 2.45) is 5.92 Å². The zero-order chi connectivity index (χ0) is 16.1. The maximum Gasteiger partial charge on any atom is 0.266 e. The standard InChI is InChI=1S/C16H24N4O2/c1-13-3-5-20(6-4-13)16(22)15(11-17)12-18-7-9-19(10-8-18)14(2)21/h12-13H,3-10H2,1-2H3/b15-12-. The molecule has 0 aromatic rings. The number of nitriles is 1. The van der Waals surface area contributed by atoms with Gasteiger partial charge in [-0.3, -0.25) is 9.59 Å². The van der Waals surface area contributed by atoms with E-state index in [1.807, 2.05) is 11.0 Å². The van der Waals surface area contributed by atoms with E-state index in [1.54, 1.807) is 22.9 Å². The van der Waals surface area contributed by atoms with Crippen LogP contribution in [0.5, 0.6) is 0 Å². The lowest BCUT2D eigenvalue weighted by atomic mass is 9.99. The first-order chi connectivity index (χ1) is 10.5. The lowest BCUT2D eigenvalue weighted by Gasteiger charge is -2.34. The molecule has 0 saturated carbocycles. The van der Waals surface area contributed by atoms with Gasteiger partial charge in [0.05, 0.1) is 0 Å². The third-order valence-corrected chi connectivity index (χ3v) is 4.49. The molecule has 6 heteroatoms. The molecule has 120 valence electrons. The average Bonchev–Trinajstić information content (AvgIpc) is 2.53. The molecule has 0 N–H and O–H groups in total. The van der Waals surface area contributed by atoms with Crippen LogP contribution in [0.25, 0.3) is 0 Å². The summed E-state index contributed by atoms with van der Waals surface area (Å²) >= 11 is 0. The molecular formula is C16H24N4O2. The van der Waals surface area contributed by atoms with Gasteiger partial charge in [0.2, 0.25) is 5.91 Å². The van der Waals surface area contributed by atoms with Crippen LogP contribution in [-0.2, 0) is 9.59 Å². The Morgan fingerprint density at radius 1 is 1.05 bits per heavy atom. The molecule has 2 heterocycles. The Kier molecular flexibility index (Phi) is 5.42. The van der Waals surface area contributed by atoms with E-state index in [9.17, 15) is 14.9 Å². The summed E-state index contributed by atoms with van der Waals surface area (Å²) in [6, 6.07) is 2.04. The molecule has 0 radical (unpaired) electrons. The van der Waals surface area contributed by atoms with Gasteiger partial charge < -0.3 is 14.7 Å². The number of rotatable bonds is 2. The van der Waals surface area contributed by atoms with Gasteiger partial charge in [-0.05, 0) is 18.8 Å². The number of nitrogens with zero attached hydrogens (tertiary/aromatic N) is 4. The first-order valence-corrected chi connectivity index (χ1v) is 7.92. The summed E-state index contributed by atoms with van der Waals surface area (Å²) in [4.78, 5) is 29.3. The van der Waals surface area contributed by atoms with Gasteiger partial charge in [-0.1, -0.05) is 6.92 Å². The minimum Gasteiger partial charge on any atom is -0.373 e. The molecule has 0 spiro atoms. The maximum absolute atomic E-state index is 12.4. The molecule has 2 rings (SSSR count). The van der Waals surface area contributed by atoms with Crippen molar-refractivity contribution in [1.29, 1.82) is 5.26 Å². The molecule has 0 aromatic heterocycles. The van der Waals surface area contributed by atoms with Crippen molar-refractivity contribution in [3.63, 3.8) is 0 Å². The molecule has 2 amide bonds. The predicted molar refractivity (Wildman–Crippen MR) is 82.5 cm³/mol. The van der Waals surface area contributed by atoms with E-state index >= 15 is 0 Å². The van der Waals surface area contributed by atoms with E-state index in [2.05, 4.69) is 6.92 Å². The van der Waals surface area contributed by atoms with Gasteiger partial charge in [-0.25, -0.2) is 0 Å². The van der Waals surface area contributed by atoms with Gasteiger partial charge in [-0.15, -0.1) is 0 Å². The Hall–Kier alpha value is -2.03. The van der Waals surface area contributed by atoms with Crippen LogP contribution >= 0.6 is 0 Å². The van der Waals surface area contributed by atoms with Crippen molar-refractivity contribution in [3.8, 4) is 6.07 Å². The van der Waals surface area contributed by atoms with Gasteiger partial charge in [0.15, 0.2) is 0 Å². The van der Waals surface area contributed by atoms with Gasteiger partial charge in [0.25, 0.3) is 5.91 Å². The van der Waals surface area contributed by atoms with Gasteiger partial charge in [-0.2, -0.15) is 5.26 Å². The summed E-state index contributed by atoms with van der Waals surface area (Å²) in [5.41, 5.74) is 0.200. The second-order valence-electron chi connectivity index (χ2n) is 6.17. The SMILES string of the molecule is CC(=O)N1CCN(/C=C(/C#N)C(=O)N2CCC(C)CC2)CC1. The fourth-order valence-electron chi connectivity index (χ4n) is 2.86. The molecule has 2 aliphatic heterocycles. The fourth-order valence-corrected chi connectivity index (χ4v) is 2.86. The largest absolute Gasteiger partial charge is 0.373 e. The van der Waals surface area contributed by atoms with Crippen LogP contribution in [0.15, 0.2) is 11.8 Å². The molecule has 0 atom stereocenters. The van der Waals surface area contributed by atoms with E-state index in [0.29, 0.717) is 32.1 Å². The van der Waals surface area contributed by atoms with E-state index in [-0.39, 0.29) is 17.4 Å². The molecular weight excluding hydrogens is 280 g/mol. The van der Waals surface area contributed by atoms with Crippen molar-refractivity contribution < 1.29 is 9.59 Å². The number of hydrogen-bond acceptors (Lipinski definition) is 4. The molecule has 0 aliphatic carbocycles. The van der Waals surface area contributed by atoms with Crippen LogP contribution in [-0.4, -0.2) is 65.8 Å². The molecule has 0 aromatic carbocycles. The number of piperidine rings is 1. The summed E-state index contributed by atoms with van der Waals surface area (Å²) in [5.74, 6) is 0.560. The van der Waals surface area contributed by atoms with Crippen LogP contribution in [0.1, 0.15) is 26.7 Å². The number of carbonyl (C=O) groups is 2. The van der Waals surface area contributed by atoms with E-state index in [1.165, 1.54) is 0 Å². The Morgan fingerprint density at radius 2 is 1.64 bits per heavy atom. The third kappa shape index (κ3) is 4.00. The van der Waals surface area contributed by atoms with Crippen molar-refractivity contribution in [2.75, 3.05) is 39.3 Å². The van der Waals surface area contributed by atoms with E-state index in [4.69, 9.17) is 0 Å². The smallest absolute Gasteiger partial charge is 0.266 e. The molecule has 2 saturated heterocycles. The first-order valence-electron chi connectivity index (χ1n) is 7.92. The number of carbonyl (C=O) groups excluding carboxylic acids is 2. The molecule has 0 bridgehead atoms. The third-order valence-electron chi connectivity index (χ3n) is 4.49. The van der Waals surface area contributed by atoms with Crippen molar-refractivity contribution in [2.45, 2.75) is 26.7 Å². The highest BCUT2D eigenvalue weighted by Gasteiger charge is 2.24. The van der Waals surface area contributed by atoms with Crippen LogP contribution < -0.4 is 0 Å². The highest BCUT2D eigenvalue weighted by atomic mass is 16.2. The van der Waals surface area contributed by atoms with E-state index < -0.39 is 0 Å². The maximum atomic E-state index is 12.4. The Morgan fingerprint density at radius 3 is 2.14 bits per heavy atom. The van der Waals surface area contributed by atoms with Gasteiger partial charge >= 0.3 is 0 Å². The summed E-state index contributed by atoms with van der Waals surface area (Å²) in [6.07, 6.45) is 3.67. The molecule has 0 unspecified atom stereocenters. The summed E-state index contributed by atoms with van der Waals surface area (Å²) in [6.45, 7) is 7.82. The van der Waals surface area contributed by atoms with Crippen LogP contribution in [0.2, 0.25) is 0 Å². The van der Waals surface area contributed by atoms with Crippen molar-refractivity contribution in [1.82, 2.24) is 14.7 Å². The normalized spacial score (nSPS) is 20.8. The Balaban J connectivity index is 1.95. The highest BCUT2D eigenvalue weighted by molar-refractivity contribution is 5.97. The Bertz CT molecular complexity index is 493. The zero-order valence-electron chi connectivity index (χ0n) is 13.4. The summed E-state index contributed by atoms with van der Waals surface area (Å²) < 4.78 is 0. The van der Waals surface area contributed by atoms with Crippen molar-refractivity contribution in [3.05, 3.63) is 11.8 Å². The zero-order valence-corrected chi connectivity index (χ0v) is 13.4. The second-order valence-corrected chi connectivity index (χ2v) is 6.17. The quantitative estimate of drug-likeness (QED) is 0.559. The number of amides is 2. The van der Waals surface area contributed by atoms with Crippen LogP contribution in [0, 0.1) is 17.2 Å². The predicted octanol–water partition coefficient (Wildman–Crippen LogP) is 0.816.